The van der Waals surface area contributed by atoms with E-state index in [0.717, 1.165) is 15.6 Å². The monoisotopic (exact) mass is 314 g/mol. The van der Waals surface area contributed by atoms with E-state index in [4.69, 9.17) is 23.2 Å². The van der Waals surface area contributed by atoms with E-state index in [9.17, 15) is 0 Å². The predicted molar refractivity (Wildman–Crippen MR) is 73.3 cm³/mol. The summed E-state index contributed by atoms with van der Waals surface area (Å²) in [6.45, 7) is 0. The third-order valence-corrected chi connectivity index (χ3v) is 3.64. The van der Waals surface area contributed by atoms with Crippen molar-refractivity contribution in [3.63, 3.8) is 0 Å². The molecule has 0 aliphatic carbocycles. The Bertz CT molecular complexity index is 483. The van der Waals surface area contributed by atoms with E-state index in [1.807, 2.05) is 48.5 Å². The molecule has 2 rings (SSSR count). The topological polar surface area (TPSA) is 0 Å². The summed E-state index contributed by atoms with van der Waals surface area (Å²) in [5.41, 5.74) is 1.98. The fraction of sp³-hybridized carbons (Fsp3) is 0.0769. The van der Waals surface area contributed by atoms with Crippen LogP contribution in [0.3, 0.4) is 0 Å². The van der Waals surface area contributed by atoms with Crippen LogP contribution in [0.5, 0.6) is 0 Å². The molecule has 0 saturated carbocycles. The van der Waals surface area contributed by atoms with Crippen molar-refractivity contribution in [1.82, 2.24) is 0 Å². The largest absolute Gasteiger partial charge is 0.113 e. The molecule has 0 aromatic heterocycles. The van der Waals surface area contributed by atoms with Crippen molar-refractivity contribution in [2.45, 2.75) is 5.38 Å². The molecule has 0 aliphatic rings. The zero-order valence-corrected chi connectivity index (χ0v) is 11.4. The Morgan fingerprint density at radius 3 is 2.31 bits per heavy atom. The average Bonchev–Trinajstić information content (AvgIpc) is 2.29. The third-order valence-electron chi connectivity index (χ3n) is 2.33. The summed E-state index contributed by atoms with van der Waals surface area (Å²) >= 11 is 15.9. The maximum Gasteiger partial charge on any atom is 0.0849 e. The molecule has 0 N–H and O–H groups in total. The fourth-order valence-electron chi connectivity index (χ4n) is 1.51. The first-order valence-corrected chi connectivity index (χ1v) is 6.43. The van der Waals surface area contributed by atoms with E-state index in [2.05, 4.69) is 15.9 Å². The molecular formula is C13H9BrCl2. The van der Waals surface area contributed by atoms with Crippen LogP contribution in [-0.2, 0) is 0 Å². The van der Waals surface area contributed by atoms with E-state index >= 15 is 0 Å². The molecule has 82 valence electrons. The first-order chi connectivity index (χ1) is 7.68. The van der Waals surface area contributed by atoms with E-state index in [1.54, 1.807) is 0 Å². The van der Waals surface area contributed by atoms with E-state index < -0.39 is 0 Å². The second-order valence-corrected chi connectivity index (χ2v) is 5.20. The first-order valence-electron chi connectivity index (χ1n) is 4.82. The van der Waals surface area contributed by atoms with Crippen molar-refractivity contribution < 1.29 is 0 Å². The smallest absolute Gasteiger partial charge is 0.0849 e. The SMILES string of the molecule is Clc1cc(Br)ccc1C(Cl)c1ccccc1. The van der Waals surface area contributed by atoms with Crippen molar-refractivity contribution in [2.24, 2.45) is 0 Å². The predicted octanol–water partition coefficient (Wildman–Crippen LogP) is 5.43. The van der Waals surface area contributed by atoms with Crippen LogP contribution < -0.4 is 0 Å². The van der Waals surface area contributed by atoms with Gasteiger partial charge in [-0.05, 0) is 23.3 Å². The van der Waals surface area contributed by atoms with E-state index in [1.165, 1.54) is 0 Å². The van der Waals surface area contributed by atoms with Crippen LogP contribution in [0, 0.1) is 0 Å². The quantitative estimate of drug-likeness (QED) is 0.648. The second-order valence-electron chi connectivity index (χ2n) is 3.44. The molecule has 0 bridgehead atoms. The van der Waals surface area contributed by atoms with Gasteiger partial charge in [-0.3, -0.25) is 0 Å². The van der Waals surface area contributed by atoms with Crippen molar-refractivity contribution in [1.29, 1.82) is 0 Å². The molecule has 1 unspecified atom stereocenters. The van der Waals surface area contributed by atoms with Gasteiger partial charge >= 0.3 is 0 Å². The van der Waals surface area contributed by atoms with Gasteiger partial charge in [0.1, 0.15) is 0 Å². The maximum atomic E-state index is 6.39. The van der Waals surface area contributed by atoms with Crippen LogP contribution in [0.2, 0.25) is 5.02 Å². The molecule has 3 heteroatoms. The Morgan fingerprint density at radius 1 is 1.00 bits per heavy atom. The van der Waals surface area contributed by atoms with Gasteiger partial charge in [-0.1, -0.05) is 63.9 Å². The molecule has 0 saturated heterocycles. The molecule has 0 spiro atoms. The molecule has 1 atom stereocenters. The minimum Gasteiger partial charge on any atom is -0.113 e. The van der Waals surface area contributed by atoms with Crippen LogP contribution in [-0.4, -0.2) is 0 Å². The zero-order chi connectivity index (χ0) is 11.5. The Kier molecular flexibility index (Phi) is 3.91. The normalized spacial score (nSPS) is 12.4. The van der Waals surface area contributed by atoms with Gasteiger partial charge in [-0.15, -0.1) is 11.6 Å². The van der Waals surface area contributed by atoms with Crippen LogP contribution >= 0.6 is 39.1 Å². The number of hydrogen-bond donors (Lipinski definition) is 0. The Balaban J connectivity index is 2.38. The van der Waals surface area contributed by atoms with Crippen LogP contribution in [0.15, 0.2) is 53.0 Å². The van der Waals surface area contributed by atoms with Gasteiger partial charge in [0, 0.05) is 9.50 Å². The summed E-state index contributed by atoms with van der Waals surface area (Å²) in [6.07, 6.45) is 0. The highest BCUT2D eigenvalue weighted by molar-refractivity contribution is 9.10. The number of benzene rings is 2. The van der Waals surface area contributed by atoms with Gasteiger partial charge in [-0.25, -0.2) is 0 Å². The molecular weight excluding hydrogens is 307 g/mol. The summed E-state index contributed by atoms with van der Waals surface area (Å²) in [7, 11) is 0. The fourth-order valence-corrected chi connectivity index (χ4v) is 2.68. The molecule has 0 heterocycles. The summed E-state index contributed by atoms with van der Waals surface area (Å²) in [4.78, 5) is 0. The molecule has 2 aromatic rings. The van der Waals surface area contributed by atoms with Gasteiger partial charge in [-0.2, -0.15) is 0 Å². The zero-order valence-electron chi connectivity index (χ0n) is 8.33. The molecule has 0 amide bonds. The van der Waals surface area contributed by atoms with Crippen molar-refractivity contribution >= 4 is 39.1 Å². The standard InChI is InChI=1S/C13H9BrCl2/c14-10-6-7-11(12(15)8-10)13(16)9-4-2-1-3-5-9/h1-8,13H. The average molecular weight is 316 g/mol. The highest BCUT2D eigenvalue weighted by atomic mass is 79.9. The number of alkyl halides is 1. The van der Waals surface area contributed by atoms with E-state index in [-0.39, 0.29) is 5.38 Å². The highest BCUT2D eigenvalue weighted by Gasteiger charge is 2.13. The van der Waals surface area contributed by atoms with Gasteiger partial charge in [0.05, 0.1) is 5.38 Å². The number of halogens is 3. The molecule has 0 fully saturated rings. The van der Waals surface area contributed by atoms with Gasteiger partial charge in [0.25, 0.3) is 0 Å². The van der Waals surface area contributed by atoms with E-state index in [0.29, 0.717) is 5.02 Å². The lowest BCUT2D eigenvalue weighted by Gasteiger charge is -2.12. The highest BCUT2D eigenvalue weighted by Crippen LogP contribution is 2.34. The van der Waals surface area contributed by atoms with Crippen LogP contribution in [0.4, 0.5) is 0 Å². The lowest BCUT2D eigenvalue weighted by Crippen LogP contribution is -1.93. The summed E-state index contributed by atoms with van der Waals surface area (Å²) < 4.78 is 0.957. The summed E-state index contributed by atoms with van der Waals surface area (Å²) in [6, 6.07) is 15.6. The van der Waals surface area contributed by atoms with Crippen LogP contribution in [0.25, 0.3) is 0 Å². The Labute approximate surface area is 113 Å². The molecule has 0 aliphatic heterocycles. The lowest BCUT2D eigenvalue weighted by molar-refractivity contribution is 1.14. The third kappa shape index (κ3) is 2.60. The number of rotatable bonds is 2. The number of hydrogen-bond acceptors (Lipinski definition) is 0. The second kappa shape index (κ2) is 5.22. The van der Waals surface area contributed by atoms with Gasteiger partial charge in [0.15, 0.2) is 0 Å². The molecule has 0 nitrogen and oxygen atoms in total. The Morgan fingerprint density at radius 2 is 1.69 bits per heavy atom. The lowest BCUT2D eigenvalue weighted by atomic mass is 10.0. The van der Waals surface area contributed by atoms with Crippen LogP contribution in [0.1, 0.15) is 16.5 Å². The minimum absolute atomic E-state index is 0.207. The molecule has 16 heavy (non-hydrogen) atoms. The van der Waals surface area contributed by atoms with Crippen molar-refractivity contribution in [3.05, 3.63) is 69.2 Å². The summed E-state index contributed by atoms with van der Waals surface area (Å²) in [5, 5.41) is 0.472. The summed E-state index contributed by atoms with van der Waals surface area (Å²) in [5.74, 6) is 0. The Hall–Kier alpha value is -0.500. The van der Waals surface area contributed by atoms with Crippen molar-refractivity contribution in [3.8, 4) is 0 Å². The first kappa shape index (κ1) is 12.0. The van der Waals surface area contributed by atoms with Gasteiger partial charge < -0.3 is 0 Å². The van der Waals surface area contributed by atoms with Gasteiger partial charge in [0.2, 0.25) is 0 Å². The minimum atomic E-state index is -0.207. The maximum absolute atomic E-state index is 6.39. The van der Waals surface area contributed by atoms with Crippen molar-refractivity contribution in [2.75, 3.05) is 0 Å². The molecule has 0 radical (unpaired) electrons. The molecule has 2 aromatic carbocycles.